The fourth-order valence-electron chi connectivity index (χ4n) is 3.47. The third-order valence-corrected chi connectivity index (χ3v) is 4.82. The molecule has 21 heavy (non-hydrogen) atoms. The zero-order chi connectivity index (χ0) is 14.8. The minimum absolute atomic E-state index is 0.130. The van der Waals surface area contributed by atoms with Crippen molar-refractivity contribution in [2.75, 3.05) is 0 Å². The van der Waals surface area contributed by atoms with Gasteiger partial charge in [-0.2, -0.15) is 0 Å². The molecule has 0 amide bonds. The normalized spacial score (nSPS) is 24.1. The summed E-state index contributed by atoms with van der Waals surface area (Å²) in [6.07, 6.45) is 6.90. The number of aromatic nitrogens is 1. The first-order valence-electron chi connectivity index (χ1n) is 8.03. The van der Waals surface area contributed by atoms with Crippen LogP contribution in [-0.2, 0) is 0 Å². The van der Waals surface area contributed by atoms with Crippen LogP contribution in [0.4, 0.5) is 0 Å². The highest BCUT2D eigenvalue weighted by atomic mass is 16.1. The SMILES string of the molecule is C[C@H](N[C@@H]1CCCC[C@@H]1C)C(=O)c1c[nH]c2ccccc12. The first-order valence-corrected chi connectivity index (χ1v) is 8.03. The molecule has 1 aromatic carbocycles. The molecule has 1 heterocycles. The Labute approximate surface area is 126 Å². The molecule has 0 radical (unpaired) electrons. The molecule has 0 aliphatic heterocycles. The molecule has 1 aliphatic rings. The van der Waals surface area contributed by atoms with E-state index in [0.29, 0.717) is 12.0 Å². The topological polar surface area (TPSA) is 44.9 Å². The molecule has 112 valence electrons. The van der Waals surface area contributed by atoms with Gasteiger partial charge < -0.3 is 10.3 Å². The van der Waals surface area contributed by atoms with E-state index in [4.69, 9.17) is 0 Å². The number of H-pyrrole nitrogens is 1. The lowest BCUT2D eigenvalue weighted by atomic mass is 9.85. The Morgan fingerprint density at radius 1 is 1.29 bits per heavy atom. The van der Waals surface area contributed by atoms with Gasteiger partial charge >= 0.3 is 0 Å². The van der Waals surface area contributed by atoms with Crippen LogP contribution < -0.4 is 5.32 Å². The maximum atomic E-state index is 12.7. The fourth-order valence-corrected chi connectivity index (χ4v) is 3.47. The highest BCUT2D eigenvalue weighted by Gasteiger charge is 2.26. The van der Waals surface area contributed by atoms with Crippen molar-refractivity contribution in [2.24, 2.45) is 5.92 Å². The van der Waals surface area contributed by atoms with Crippen LogP contribution in [0.5, 0.6) is 0 Å². The number of para-hydroxylation sites is 1. The number of Topliss-reactive ketones (excluding diaryl/α,β-unsaturated/α-hetero) is 1. The number of benzene rings is 1. The third-order valence-electron chi connectivity index (χ3n) is 4.82. The summed E-state index contributed by atoms with van der Waals surface area (Å²) >= 11 is 0. The van der Waals surface area contributed by atoms with Crippen molar-refractivity contribution in [1.29, 1.82) is 0 Å². The second kappa shape index (κ2) is 6.02. The number of ketones is 1. The standard InChI is InChI=1S/C18H24N2O/c1-12-7-3-5-9-16(12)20-13(2)18(21)15-11-19-17-10-6-4-8-14(15)17/h4,6,8,10-13,16,19-20H,3,5,7,9H2,1-2H3/t12-,13-,16+/m0/s1. The van der Waals surface area contributed by atoms with E-state index >= 15 is 0 Å². The summed E-state index contributed by atoms with van der Waals surface area (Å²) in [4.78, 5) is 15.9. The molecule has 3 atom stereocenters. The van der Waals surface area contributed by atoms with Gasteiger partial charge in [-0.1, -0.05) is 38.0 Å². The number of hydrogen-bond acceptors (Lipinski definition) is 2. The molecule has 0 spiro atoms. The highest BCUT2D eigenvalue weighted by Crippen LogP contribution is 2.25. The van der Waals surface area contributed by atoms with Crippen LogP contribution in [-0.4, -0.2) is 22.9 Å². The lowest BCUT2D eigenvalue weighted by Crippen LogP contribution is -2.45. The maximum absolute atomic E-state index is 12.7. The Hall–Kier alpha value is -1.61. The molecule has 2 N–H and O–H groups in total. The predicted molar refractivity (Wildman–Crippen MR) is 86.6 cm³/mol. The van der Waals surface area contributed by atoms with Gasteiger partial charge in [0.1, 0.15) is 0 Å². The maximum Gasteiger partial charge on any atom is 0.181 e. The van der Waals surface area contributed by atoms with Crippen molar-refractivity contribution in [1.82, 2.24) is 10.3 Å². The van der Waals surface area contributed by atoms with Crippen LogP contribution in [0.3, 0.4) is 0 Å². The number of fused-ring (bicyclic) bond motifs is 1. The van der Waals surface area contributed by atoms with E-state index in [1.54, 1.807) is 0 Å². The average molecular weight is 284 g/mol. The van der Waals surface area contributed by atoms with Gasteiger partial charge in [-0.05, 0) is 31.7 Å². The number of aromatic amines is 1. The minimum atomic E-state index is -0.130. The van der Waals surface area contributed by atoms with Crippen LogP contribution in [0.15, 0.2) is 30.5 Å². The lowest BCUT2D eigenvalue weighted by molar-refractivity contribution is 0.0934. The van der Waals surface area contributed by atoms with E-state index in [1.807, 2.05) is 37.4 Å². The summed E-state index contributed by atoms with van der Waals surface area (Å²) in [6.45, 7) is 4.28. The van der Waals surface area contributed by atoms with Gasteiger partial charge in [0.2, 0.25) is 0 Å². The number of rotatable bonds is 4. The second-order valence-electron chi connectivity index (χ2n) is 6.37. The quantitative estimate of drug-likeness (QED) is 0.836. The molecule has 1 fully saturated rings. The molecule has 0 unspecified atom stereocenters. The number of nitrogens with one attached hydrogen (secondary N) is 2. The Kier molecular flexibility index (Phi) is 4.11. The van der Waals surface area contributed by atoms with Gasteiger partial charge in [0.15, 0.2) is 5.78 Å². The highest BCUT2D eigenvalue weighted by molar-refractivity contribution is 6.10. The first kappa shape index (κ1) is 14.3. The number of carbonyl (C=O) groups is 1. The summed E-state index contributed by atoms with van der Waals surface area (Å²) in [5, 5.41) is 4.58. The molecule has 1 aromatic heterocycles. The van der Waals surface area contributed by atoms with Gasteiger partial charge in [-0.3, -0.25) is 4.79 Å². The van der Waals surface area contributed by atoms with Crippen molar-refractivity contribution in [2.45, 2.75) is 51.6 Å². The van der Waals surface area contributed by atoms with E-state index in [9.17, 15) is 4.79 Å². The van der Waals surface area contributed by atoms with Crippen molar-refractivity contribution in [3.8, 4) is 0 Å². The van der Waals surface area contributed by atoms with E-state index < -0.39 is 0 Å². The Balaban J connectivity index is 1.75. The molecule has 3 rings (SSSR count). The van der Waals surface area contributed by atoms with Crippen molar-refractivity contribution in [3.63, 3.8) is 0 Å². The largest absolute Gasteiger partial charge is 0.360 e. The number of carbonyl (C=O) groups excluding carboxylic acids is 1. The Morgan fingerprint density at radius 3 is 2.86 bits per heavy atom. The predicted octanol–water partition coefficient (Wildman–Crippen LogP) is 3.91. The van der Waals surface area contributed by atoms with Crippen molar-refractivity contribution in [3.05, 3.63) is 36.0 Å². The van der Waals surface area contributed by atoms with Crippen LogP contribution in [0.2, 0.25) is 0 Å². The average Bonchev–Trinajstić information content (AvgIpc) is 2.92. The summed E-state index contributed by atoms with van der Waals surface area (Å²) < 4.78 is 0. The summed E-state index contributed by atoms with van der Waals surface area (Å²) in [7, 11) is 0. The molecule has 0 bridgehead atoms. The summed E-state index contributed by atoms with van der Waals surface area (Å²) in [5.41, 5.74) is 1.83. The molecular formula is C18H24N2O. The van der Waals surface area contributed by atoms with Crippen LogP contribution >= 0.6 is 0 Å². The zero-order valence-electron chi connectivity index (χ0n) is 12.9. The molecule has 1 saturated carbocycles. The minimum Gasteiger partial charge on any atom is -0.360 e. The van der Waals surface area contributed by atoms with Crippen molar-refractivity contribution >= 4 is 16.7 Å². The summed E-state index contributed by atoms with van der Waals surface area (Å²) in [5.74, 6) is 0.849. The van der Waals surface area contributed by atoms with Gasteiger partial charge in [0.25, 0.3) is 0 Å². The molecule has 3 heteroatoms. The Morgan fingerprint density at radius 2 is 2.05 bits per heavy atom. The zero-order valence-corrected chi connectivity index (χ0v) is 12.9. The first-order chi connectivity index (χ1) is 10.2. The third kappa shape index (κ3) is 2.88. The number of hydrogen-bond donors (Lipinski definition) is 2. The van der Waals surface area contributed by atoms with Gasteiger partial charge in [0.05, 0.1) is 6.04 Å². The Bertz CT molecular complexity index is 631. The van der Waals surface area contributed by atoms with Gasteiger partial charge in [-0.15, -0.1) is 0 Å². The van der Waals surface area contributed by atoms with Crippen LogP contribution in [0.25, 0.3) is 10.9 Å². The summed E-state index contributed by atoms with van der Waals surface area (Å²) in [6, 6.07) is 8.33. The monoisotopic (exact) mass is 284 g/mol. The fraction of sp³-hybridized carbons (Fsp3) is 0.500. The molecule has 0 saturated heterocycles. The van der Waals surface area contributed by atoms with Gasteiger partial charge in [0, 0.05) is 28.7 Å². The second-order valence-corrected chi connectivity index (χ2v) is 6.37. The van der Waals surface area contributed by atoms with E-state index in [2.05, 4.69) is 17.2 Å². The van der Waals surface area contributed by atoms with Crippen LogP contribution in [0, 0.1) is 5.92 Å². The van der Waals surface area contributed by atoms with Gasteiger partial charge in [-0.25, -0.2) is 0 Å². The van der Waals surface area contributed by atoms with E-state index in [-0.39, 0.29) is 11.8 Å². The van der Waals surface area contributed by atoms with E-state index in [1.165, 1.54) is 25.7 Å². The van der Waals surface area contributed by atoms with Crippen LogP contribution in [0.1, 0.15) is 49.9 Å². The molecule has 1 aliphatic carbocycles. The lowest BCUT2D eigenvalue weighted by Gasteiger charge is -2.31. The molecule has 2 aromatic rings. The van der Waals surface area contributed by atoms with Crippen molar-refractivity contribution < 1.29 is 4.79 Å². The van der Waals surface area contributed by atoms with E-state index in [0.717, 1.165) is 16.5 Å². The molecule has 3 nitrogen and oxygen atoms in total. The molecular weight excluding hydrogens is 260 g/mol. The smallest absolute Gasteiger partial charge is 0.181 e.